The first-order valence-electron chi connectivity index (χ1n) is 7.31. The van der Waals surface area contributed by atoms with E-state index in [9.17, 15) is 5.11 Å². The minimum Gasteiger partial charge on any atom is -0.395 e. The SMILES string of the molecule is CC1CCN(Cc2ccccc2)CC(C(N)CO)C1. The van der Waals surface area contributed by atoms with Crippen molar-refractivity contribution in [2.24, 2.45) is 17.6 Å². The largest absolute Gasteiger partial charge is 0.395 e. The van der Waals surface area contributed by atoms with Crippen LogP contribution in [0, 0.1) is 11.8 Å². The molecule has 0 bridgehead atoms. The minimum atomic E-state index is -0.0844. The van der Waals surface area contributed by atoms with Crippen LogP contribution in [0.4, 0.5) is 0 Å². The lowest BCUT2D eigenvalue weighted by Crippen LogP contribution is -2.40. The van der Waals surface area contributed by atoms with Gasteiger partial charge in [-0.3, -0.25) is 4.90 Å². The monoisotopic (exact) mass is 262 g/mol. The lowest BCUT2D eigenvalue weighted by Gasteiger charge is -2.27. The Hall–Kier alpha value is -0.900. The average molecular weight is 262 g/mol. The van der Waals surface area contributed by atoms with Gasteiger partial charge < -0.3 is 10.8 Å². The van der Waals surface area contributed by atoms with Crippen LogP contribution >= 0.6 is 0 Å². The van der Waals surface area contributed by atoms with Crippen LogP contribution in [0.3, 0.4) is 0 Å². The Balaban J connectivity index is 2.00. The van der Waals surface area contributed by atoms with Crippen LogP contribution in [0.25, 0.3) is 0 Å². The van der Waals surface area contributed by atoms with E-state index in [4.69, 9.17) is 5.73 Å². The van der Waals surface area contributed by atoms with Crippen molar-refractivity contribution in [3.8, 4) is 0 Å². The number of benzene rings is 1. The molecule has 19 heavy (non-hydrogen) atoms. The molecule has 0 amide bonds. The highest BCUT2D eigenvalue weighted by Crippen LogP contribution is 2.24. The molecule has 1 saturated heterocycles. The zero-order chi connectivity index (χ0) is 13.7. The van der Waals surface area contributed by atoms with E-state index in [2.05, 4.69) is 42.2 Å². The normalized spacial score (nSPS) is 26.9. The fourth-order valence-corrected chi connectivity index (χ4v) is 2.98. The molecule has 3 nitrogen and oxygen atoms in total. The second-order valence-corrected chi connectivity index (χ2v) is 5.96. The summed E-state index contributed by atoms with van der Waals surface area (Å²) in [5.41, 5.74) is 7.41. The van der Waals surface area contributed by atoms with Gasteiger partial charge in [-0.05, 0) is 36.8 Å². The lowest BCUT2D eigenvalue weighted by atomic mass is 9.90. The third kappa shape index (κ3) is 4.30. The summed E-state index contributed by atoms with van der Waals surface area (Å²) >= 11 is 0. The molecule has 0 spiro atoms. The van der Waals surface area contributed by atoms with E-state index in [0.717, 1.165) is 26.1 Å². The van der Waals surface area contributed by atoms with E-state index < -0.39 is 0 Å². The topological polar surface area (TPSA) is 49.5 Å². The molecular formula is C16H26N2O. The highest BCUT2D eigenvalue weighted by Gasteiger charge is 2.26. The number of likely N-dealkylation sites (tertiary alicyclic amines) is 1. The van der Waals surface area contributed by atoms with E-state index in [1.54, 1.807) is 0 Å². The van der Waals surface area contributed by atoms with E-state index in [-0.39, 0.29) is 12.6 Å². The molecule has 0 saturated carbocycles. The summed E-state index contributed by atoms with van der Waals surface area (Å²) in [6.45, 7) is 5.51. The molecule has 3 unspecified atom stereocenters. The molecule has 1 aromatic rings. The number of rotatable bonds is 4. The summed E-state index contributed by atoms with van der Waals surface area (Å²) in [7, 11) is 0. The van der Waals surface area contributed by atoms with Gasteiger partial charge in [-0.2, -0.15) is 0 Å². The van der Waals surface area contributed by atoms with Gasteiger partial charge in [0.15, 0.2) is 0 Å². The summed E-state index contributed by atoms with van der Waals surface area (Å²) in [6, 6.07) is 10.5. The third-order valence-corrected chi connectivity index (χ3v) is 4.20. The van der Waals surface area contributed by atoms with Gasteiger partial charge in [0.25, 0.3) is 0 Å². The maximum absolute atomic E-state index is 9.30. The van der Waals surface area contributed by atoms with Crippen LogP contribution in [0.5, 0.6) is 0 Å². The standard InChI is InChI=1S/C16H26N2O/c1-13-7-8-18(10-14-5-3-2-4-6-14)11-15(9-13)16(17)12-19/h2-6,13,15-16,19H,7-12,17H2,1H3. The maximum atomic E-state index is 9.30. The molecule has 1 aliphatic rings. The predicted molar refractivity (Wildman–Crippen MR) is 78.7 cm³/mol. The van der Waals surface area contributed by atoms with Crippen LogP contribution < -0.4 is 5.73 Å². The molecule has 0 radical (unpaired) electrons. The smallest absolute Gasteiger partial charge is 0.0585 e. The van der Waals surface area contributed by atoms with Crippen LogP contribution in [0.2, 0.25) is 0 Å². The van der Waals surface area contributed by atoms with E-state index in [0.29, 0.717) is 11.8 Å². The zero-order valence-corrected chi connectivity index (χ0v) is 11.8. The number of aliphatic hydroxyl groups is 1. The van der Waals surface area contributed by atoms with Crippen LogP contribution in [-0.2, 0) is 6.54 Å². The van der Waals surface area contributed by atoms with Crippen molar-refractivity contribution in [2.45, 2.75) is 32.4 Å². The Morgan fingerprint density at radius 3 is 2.79 bits per heavy atom. The number of hydrogen-bond donors (Lipinski definition) is 2. The van der Waals surface area contributed by atoms with Crippen molar-refractivity contribution >= 4 is 0 Å². The van der Waals surface area contributed by atoms with Crippen LogP contribution in [-0.4, -0.2) is 35.7 Å². The molecule has 0 aromatic heterocycles. The first-order chi connectivity index (χ1) is 9.19. The minimum absolute atomic E-state index is 0.0844. The van der Waals surface area contributed by atoms with Gasteiger partial charge in [0.1, 0.15) is 0 Å². The molecular weight excluding hydrogens is 236 g/mol. The Morgan fingerprint density at radius 1 is 1.37 bits per heavy atom. The Morgan fingerprint density at radius 2 is 2.11 bits per heavy atom. The van der Waals surface area contributed by atoms with Gasteiger partial charge in [0.2, 0.25) is 0 Å². The third-order valence-electron chi connectivity index (χ3n) is 4.20. The fraction of sp³-hybridized carbons (Fsp3) is 0.625. The zero-order valence-electron chi connectivity index (χ0n) is 11.8. The van der Waals surface area contributed by atoms with Crippen molar-refractivity contribution in [1.29, 1.82) is 0 Å². The van der Waals surface area contributed by atoms with Crippen molar-refractivity contribution in [2.75, 3.05) is 19.7 Å². The van der Waals surface area contributed by atoms with Gasteiger partial charge in [0, 0.05) is 19.1 Å². The van der Waals surface area contributed by atoms with Crippen LogP contribution in [0.1, 0.15) is 25.3 Å². The quantitative estimate of drug-likeness (QED) is 0.870. The van der Waals surface area contributed by atoms with Gasteiger partial charge in [0.05, 0.1) is 6.61 Å². The van der Waals surface area contributed by atoms with E-state index in [1.165, 1.54) is 12.0 Å². The molecule has 1 fully saturated rings. The first kappa shape index (κ1) is 14.5. The second-order valence-electron chi connectivity index (χ2n) is 5.96. The van der Waals surface area contributed by atoms with Gasteiger partial charge in [-0.15, -0.1) is 0 Å². The lowest BCUT2D eigenvalue weighted by molar-refractivity contribution is 0.176. The first-order valence-corrected chi connectivity index (χ1v) is 7.31. The van der Waals surface area contributed by atoms with Gasteiger partial charge in [-0.1, -0.05) is 37.3 Å². The molecule has 2 rings (SSSR count). The molecule has 1 aliphatic heterocycles. The summed E-state index contributed by atoms with van der Waals surface area (Å²) < 4.78 is 0. The molecule has 1 aromatic carbocycles. The predicted octanol–water partition coefficient (Wildman–Crippen LogP) is 1.85. The maximum Gasteiger partial charge on any atom is 0.0585 e. The molecule has 3 heteroatoms. The van der Waals surface area contributed by atoms with Crippen molar-refractivity contribution in [1.82, 2.24) is 4.90 Å². The van der Waals surface area contributed by atoms with Gasteiger partial charge >= 0.3 is 0 Å². The molecule has 3 N–H and O–H groups in total. The van der Waals surface area contributed by atoms with Crippen molar-refractivity contribution in [3.63, 3.8) is 0 Å². The fourth-order valence-electron chi connectivity index (χ4n) is 2.98. The molecule has 3 atom stereocenters. The Kier molecular flexibility index (Phi) is 5.37. The molecule has 0 aliphatic carbocycles. The number of hydrogen-bond acceptors (Lipinski definition) is 3. The number of nitrogens with zero attached hydrogens (tertiary/aromatic N) is 1. The summed E-state index contributed by atoms with van der Waals surface area (Å²) in [5, 5.41) is 9.30. The molecule has 106 valence electrons. The summed E-state index contributed by atoms with van der Waals surface area (Å²) in [6.07, 6.45) is 2.36. The Labute approximate surface area is 116 Å². The van der Waals surface area contributed by atoms with Crippen LogP contribution in [0.15, 0.2) is 30.3 Å². The number of aliphatic hydroxyl groups excluding tert-OH is 1. The molecule has 1 heterocycles. The second kappa shape index (κ2) is 7.04. The average Bonchev–Trinajstić information content (AvgIpc) is 2.61. The van der Waals surface area contributed by atoms with Crippen molar-refractivity contribution < 1.29 is 5.11 Å². The van der Waals surface area contributed by atoms with E-state index in [1.807, 2.05) is 0 Å². The summed E-state index contributed by atoms with van der Waals surface area (Å²) in [4.78, 5) is 2.49. The van der Waals surface area contributed by atoms with E-state index >= 15 is 0 Å². The highest BCUT2D eigenvalue weighted by atomic mass is 16.3. The Bertz CT molecular complexity index is 368. The van der Waals surface area contributed by atoms with Crippen molar-refractivity contribution in [3.05, 3.63) is 35.9 Å². The number of nitrogens with two attached hydrogens (primary N) is 1. The highest BCUT2D eigenvalue weighted by molar-refractivity contribution is 5.14. The summed E-state index contributed by atoms with van der Waals surface area (Å²) in [5.74, 6) is 1.11. The van der Waals surface area contributed by atoms with Gasteiger partial charge in [-0.25, -0.2) is 0 Å².